The van der Waals surface area contributed by atoms with Crippen LogP contribution in [-0.4, -0.2) is 87.7 Å². The number of carbonyl (C=O) groups excluding carboxylic acids is 1. The maximum Gasteiger partial charge on any atom is 0.253 e. The third-order valence-electron chi connectivity index (χ3n) is 8.19. The van der Waals surface area contributed by atoms with Gasteiger partial charge in [0.1, 0.15) is 5.52 Å². The summed E-state index contributed by atoms with van der Waals surface area (Å²) in [6.07, 6.45) is 6.04. The minimum Gasteiger partial charge on any atom is -0.389 e. The van der Waals surface area contributed by atoms with Crippen LogP contribution in [0.1, 0.15) is 41.8 Å². The molecule has 40 heavy (non-hydrogen) atoms. The molecule has 1 fully saturated rings. The van der Waals surface area contributed by atoms with E-state index in [-0.39, 0.29) is 12.5 Å². The summed E-state index contributed by atoms with van der Waals surface area (Å²) in [5.41, 5.74) is 9.15. The molecule has 0 aliphatic carbocycles. The summed E-state index contributed by atoms with van der Waals surface area (Å²) in [6.45, 7) is 9.17. The largest absolute Gasteiger partial charge is 0.389 e. The lowest BCUT2D eigenvalue weighted by Crippen LogP contribution is -2.54. The van der Waals surface area contributed by atoms with E-state index in [1.807, 2.05) is 36.7 Å². The summed E-state index contributed by atoms with van der Waals surface area (Å²) in [7, 11) is 3.93. The zero-order valence-electron chi connectivity index (χ0n) is 24.0. The van der Waals surface area contributed by atoms with E-state index in [1.165, 1.54) is 23.2 Å². The molecule has 1 saturated heterocycles. The number of aromatic nitrogens is 3. The van der Waals surface area contributed by atoms with E-state index >= 15 is 0 Å². The molecule has 2 N–H and O–H groups in total. The summed E-state index contributed by atoms with van der Waals surface area (Å²) >= 11 is 0. The van der Waals surface area contributed by atoms with Crippen LogP contribution < -0.4 is 4.90 Å². The molecule has 1 amide bonds. The van der Waals surface area contributed by atoms with E-state index in [1.54, 1.807) is 25.8 Å². The van der Waals surface area contributed by atoms with E-state index in [9.17, 15) is 9.90 Å². The Hall–Kier alpha value is -3.75. The number of aromatic amines is 1. The van der Waals surface area contributed by atoms with Crippen molar-refractivity contribution in [2.75, 3.05) is 45.2 Å². The SMILES string of the molecule is Cc1cc(-c2cnc3[nH]cc(-c4ccc(C(=O)N(C)CC(C)(C)O)cc4)c3n2)cc2c1N1CCN(C)C[C@H]1CC2. The summed E-state index contributed by atoms with van der Waals surface area (Å²) < 4.78 is 0. The number of rotatable bonds is 5. The molecule has 4 aromatic rings. The number of nitrogens with zero attached hydrogens (tertiary/aromatic N) is 5. The van der Waals surface area contributed by atoms with Crippen LogP contribution in [0.25, 0.3) is 33.5 Å². The van der Waals surface area contributed by atoms with Gasteiger partial charge in [-0.15, -0.1) is 0 Å². The summed E-state index contributed by atoms with van der Waals surface area (Å²) in [4.78, 5) is 32.5. The van der Waals surface area contributed by atoms with Gasteiger partial charge in [0.15, 0.2) is 5.65 Å². The Morgan fingerprint density at radius 2 is 1.95 bits per heavy atom. The summed E-state index contributed by atoms with van der Waals surface area (Å²) in [6, 6.07) is 12.7. The molecule has 1 atom stereocenters. The molecule has 2 aromatic carbocycles. The molecule has 8 nitrogen and oxygen atoms in total. The quantitative estimate of drug-likeness (QED) is 0.389. The van der Waals surface area contributed by atoms with Crippen molar-refractivity contribution in [3.8, 4) is 22.4 Å². The predicted octanol–water partition coefficient (Wildman–Crippen LogP) is 4.51. The lowest BCUT2D eigenvalue weighted by molar-refractivity contribution is 0.0368. The number of fused-ring (bicyclic) bond motifs is 4. The average molecular weight is 539 g/mol. The van der Waals surface area contributed by atoms with Gasteiger partial charge in [-0.1, -0.05) is 12.1 Å². The number of piperazine rings is 1. The van der Waals surface area contributed by atoms with Crippen molar-refractivity contribution >= 4 is 22.8 Å². The van der Waals surface area contributed by atoms with E-state index in [0.717, 1.165) is 59.6 Å². The third-order valence-corrected chi connectivity index (χ3v) is 8.19. The molecule has 0 saturated carbocycles. The van der Waals surface area contributed by atoms with Crippen LogP contribution in [-0.2, 0) is 6.42 Å². The Kier molecular flexibility index (Phi) is 6.63. The van der Waals surface area contributed by atoms with Crippen molar-refractivity contribution in [3.63, 3.8) is 0 Å². The highest BCUT2D eigenvalue weighted by molar-refractivity contribution is 5.96. The molecule has 2 aromatic heterocycles. The molecule has 0 unspecified atom stereocenters. The summed E-state index contributed by atoms with van der Waals surface area (Å²) in [5.74, 6) is -0.125. The number of likely N-dealkylation sites (N-methyl/N-ethyl adjacent to an activating group) is 2. The number of amides is 1. The van der Waals surface area contributed by atoms with Gasteiger partial charge in [0.2, 0.25) is 0 Å². The number of anilines is 1. The van der Waals surface area contributed by atoms with Gasteiger partial charge in [0.25, 0.3) is 5.91 Å². The first-order chi connectivity index (χ1) is 19.1. The number of nitrogens with one attached hydrogen (secondary N) is 1. The van der Waals surface area contributed by atoms with E-state index in [4.69, 9.17) is 9.97 Å². The lowest BCUT2D eigenvalue weighted by Gasteiger charge is -2.46. The second-order valence-electron chi connectivity index (χ2n) is 12.2. The predicted molar refractivity (Wildman–Crippen MR) is 160 cm³/mol. The standard InChI is InChI=1S/C32H38N6O2/c1-20-14-24(15-23-10-11-25-18-36(4)12-13-38(25)29(20)23)27-17-34-30-28(35-27)26(16-33-30)21-6-8-22(9-7-21)31(39)37(5)19-32(2,3)40/h6-9,14-17,25,40H,10-13,18-19H2,1-5H3,(H,33,34)/t25-/m1/s1. The van der Waals surface area contributed by atoms with Crippen LogP contribution in [0.5, 0.6) is 0 Å². The van der Waals surface area contributed by atoms with E-state index in [0.29, 0.717) is 11.6 Å². The minimum atomic E-state index is -0.950. The smallest absolute Gasteiger partial charge is 0.253 e. The number of hydrogen-bond donors (Lipinski definition) is 2. The molecule has 2 aliphatic rings. The van der Waals surface area contributed by atoms with E-state index < -0.39 is 5.60 Å². The fraction of sp³-hybridized carbons (Fsp3) is 0.406. The van der Waals surface area contributed by atoms with Crippen molar-refractivity contribution < 1.29 is 9.90 Å². The van der Waals surface area contributed by atoms with Gasteiger partial charge in [-0.05, 0) is 81.6 Å². The second kappa shape index (κ2) is 10.0. The zero-order chi connectivity index (χ0) is 28.2. The topological polar surface area (TPSA) is 88.6 Å². The molecule has 2 aliphatic heterocycles. The van der Waals surface area contributed by atoms with Crippen molar-refractivity contribution in [3.05, 3.63) is 65.5 Å². The van der Waals surface area contributed by atoms with Gasteiger partial charge in [-0.2, -0.15) is 0 Å². The summed E-state index contributed by atoms with van der Waals surface area (Å²) in [5, 5.41) is 10.1. The number of benzene rings is 2. The first-order valence-corrected chi connectivity index (χ1v) is 14.1. The Balaban J connectivity index is 1.29. The Morgan fingerprint density at radius 1 is 1.18 bits per heavy atom. The molecule has 208 valence electrons. The molecule has 8 heteroatoms. The molecule has 0 bridgehead atoms. The van der Waals surface area contributed by atoms with Crippen LogP contribution in [0.2, 0.25) is 0 Å². The average Bonchev–Trinajstić information content (AvgIpc) is 3.34. The Morgan fingerprint density at radius 3 is 2.70 bits per heavy atom. The third kappa shape index (κ3) is 4.97. The highest BCUT2D eigenvalue weighted by Gasteiger charge is 2.32. The minimum absolute atomic E-state index is 0.125. The first kappa shape index (κ1) is 26.5. The number of hydrogen-bond acceptors (Lipinski definition) is 6. The van der Waals surface area contributed by atoms with Crippen molar-refractivity contribution in [1.29, 1.82) is 0 Å². The van der Waals surface area contributed by atoms with Crippen LogP contribution in [0.3, 0.4) is 0 Å². The van der Waals surface area contributed by atoms with Gasteiger partial charge in [0, 0.05) is 67.8 Å². The monoisotopic (exact) mass is 538 g/mol. The fourth-order valence-corrected chi connectivity index (χ4v) is 6.39. The highest BCUT2D eigenvalue weighted by Crippen LogP contribution is 2.38. The highest BCUT2D eigenvalue weighted by atomic mass is 16.3. The normalized spacial score (nSPS) is 17.6. The lowest BCUT2D eigenvalue weighted by atomic mass is 9.89. The van der Waals surface area contributed by atoms with Crippen molar-refractivity contribution in [2.45, 2.75) is 45.3 Å². The maximum absolute atomic E-state index is 12.8. The van der Waals surface area contributed by atoms with Crippen LogP contribution in [0.15, 0.2) is 48.8 Å². The number of aliphatic hydroxyl groups is 1. The molecular weight excluding hydrogens is 500 g/mol. The molecule has 0 spiro atoms. The molecular formula is C32H38N6O2. The van der Waals surface area contributed by atoms with E-state index in [2.05, 4.69) is 40.9 Å². The van der Waals surface area contributed by atoms with Crippen molar-refractivity contribution in [2.24, 2.45) is 0 Å². The van der Waals surface area contributed by atoms with Crippen LogP contribution in [0.4, 0.5) is 5.69 Å². The van der Waals surface area contributed by atoms with Gasteiger partial charge in [-0.25, -0.2) is 9.97 Å². The first-order valence-electron chi connectivity index (χ1n) is 14.1. The van der Waals surface area contributed by atoms with Crippen LogP contribution >= 0.6 is 0 Å². The Labute approximate surface area is 235 Å². The Bertz CT molecular complexity index is 1570. The molecule has 4 heterocycles. The van der Waals surface area contributed by atoms with Crippen LogP contribution in [0, 0.1) is 6.92 Å². The zero-order valence-corrected chi connectivity index (χ0v) is 24.0. The second-order valence-corrected chi connectivity index (χ2v) is 12.2. The van der Waals surface area contributed by atoms with Gasteiger partial charge in [0.05, 0.1) is 17.5 Å². The van der Waals surface area contributed by atoms with Gasteiger partial charge >= 0.3 is 0 Å². The van der Waals surface area contributed by atoms with Gasteiger partial charge in [-0.3, -0.25) is 4.79 Å². The molecule has 6 rings (SSSR count). The number of carbonyl (C=O) groups is 1. The fourth-order valence-electron chi connectivity index (χ4n) is 6.39. The molecule has 0 radical (unpaired) electrons. The number of aryl methyl sites for hydroxylation is 2. The maximum atomic E-state index is 12.8. The van der Waals surface area contributed by atoms with Crippen molar-refractivity contribution in [1.82, 2.24) is 24.8 Å². The number of H-pyrrole nitrogens is 1. The van der Waals surface area contributed by atoms with Gasteiger partial charge < -0.3 is 24.8 Å².